The number of benzene rings is 4. The average Bonchev–Trinajstić information content (AvgIpc) is 3.00. The Kier molecular flexibility index (Phi) is 11.2. The summed E-state index contributed by atoms with van der Waals surface area (Å²) in [5.41, 5.74) is -5.26. The number of rotatable bonds is 13. The fourth-order valence-corrected chi connectivity index (χ4v) is 5.56. The van der Waals surface area contributed by atoms with E-state index in [0.29, 0.717) is 35.9 Å². The maximum Gasteiger partial charge on any atom is 0.461 e. The van der Waals surface area contributed by atoms with Crippen LogP contribution in [-0.4, -0.2) is 39.7 Å². The number of carbonyl (C=O) groups excluding carboxylic acids is 1. The highest BCUT2D eigenvalue weighted by molar-refractivity contribution is 7.88. The lowest BCUT2D eigenvalue weighted by molar-refractivity contribution is -0.253. The Morgan fingerprint density at radius 2 is 1.48 bits per heavy atom. The minimum atomic E-state index is -5.24. The van der Waals surface area contributed by atoms with E-state index in [0.717, 1.165) is 24.5 Å². The van der Waals surface area contributed by atoms with Gasteiger partial charge in [0.25, 0.3) is 5.91 Å². The first-order valence-corrected chi connectivity index (χ1v) is 16.2. The van der Waals surface area contributed by atoms with Crippen LogP contribution in [0.25, 0.3) is 0 Å². The molecule has 268 valence electrons. The van der Waals surface area contributed by atoms with E-state index in [1.807, 2.05) is 0 Å². The van der Waals surface area contributed by atoms with Crippen molar-refractivity contribution in [2.24, 2.45) is 0 Å². The summed E-state index contributed by atoms with van der Waals surface area (Å²) in [6.45, 7) is -0.326. The minimum absolute atomic E-state index is 0.138. The largest absolute Gasteiger partial charge is 0.461 e. The van der Waals surface area contributed by atoms with Crippen LogP contribution in [0.3, 0.4) is 0 Å². The predicted octanol–water partition coefficient (Wildman–Crippen LogP) is 7.37. The van der Waals surface area contributed by atoms with Crippen LogP contribution in [0.15, 0.2) is 84.9 Å². The number of nitrogens with one attached hydrogen (secondary N) is 2. The molecule has 4 aromatic rings. The molecule has 0 heterocycles. The number of sulfonamides is 1. The van der Waals surface area contributed by atoms with Gasteiger partial charge in [-0.25, -0.2) is 26.3 Å². The number of hydrogen-bond donors (Lipinski definition) is 2. The van der Waals surface area contributed by atoms with Crippen LogP contribution >= 0.6 is 0 Å². The second kappa shape index (κ2) is 14.7. The lowest BCUT2D eigenvalue weighted by atomic mass is 9.76. The summed E-state index contributed by atoms with van der Waals surface area (Å²) in [5.74, 6) is -6.40. The van der Waals surface area contributed by atoms with Crippen molar-refractivity contribution in [2.45, 2.75) is 37.1 Å². The molecule has 0 bridgehead atoms. The van der Waals surface area contributed by atoms with Gasteiger partial charge in [0.15, 0.2) is 0 Å². The molecule has 0 aliphatic heterocycles. The highest BCUT2D eigenvalue weighted by Crippen LogP contribution is 2.39. The highest BCUT2D eigenvalue weighted by atomic mass is 32.2. The van der Waals surface area contributed by atoms with Gasteiger partial charge < -0.3 is 10.1 Å². The van der Waals surface area contributed by atoms with Crippen molar-refractivity contribution >= 4 is 15.9 Å². The summed E-state index contributed by atoms with van der Waals surface area (Å²) >= 11 is 0. The molecule has 0 unspecified atom stereocenters. The first-order chi connectivity index (χ1) is 23.2. The zero-order valence-corrected chi connectivity index (χ0v) is 26.4. The number of hydrogen-bond acceptors (Lipinski definition) is 4. The third kappa shape index (κ3) is 9.32. The van der Waals surface area contributed by atoms with E-state index in [4.69, 9.17) is 0 Å². The van der Waals surface area contributed by atoms with Crippen molar-refractivity contribution < 1.29 is 61.9 Å². The smallest absolute Gasteiger partial charge is 0.428 e. The van der Waals surface area contributed by atoms with Crippen LogP contribution < -0.4 is 14.8 Å². The number of carbonyl (C=O) groups is 1. The van der Waals surface area contributed by atoms with Crippen LogP contribution in [0.5, 0.6) is 5.75 Å². The van der Waals surface area contributed by atoms with Crippen molar-refractivity contribution in [1.29, 1.82) is 0 Å². The van der Waals surface area contributed by atoms with Crippen molar-refractivity contribution in [2.75, 3.05) is 12.8 Å². The number of halogens is 10. The molecule has 50 heavy (non-hydrogen) atoms. The van der Waals surface area contributed by atoms with E-state index in [1.54, 1.807) is 6.07 Å². The standard InChI is InChI=1S/C33H26F10N2O4S/c1-50(47,48)44-12-11-20-13-22(8-10-27(20)35)31(18-19-5-3-2-4-6-19,23-15-24(34)17-25(16-23)49-33(42,43)30(37)38)45-29(46)21-7-9-28(36)26(14-21)32(39,40)41/h2-10,13-17,30,44H,11-12,18H2,1H3,(H,45,46)/t31-/m1/s1. The maximum absolute atomic E-state index is 15.2. The van der Waals surface area contributed by atoms with Crippen molar-refractivity contribution in [3.8, 4) is 5.75 Å². The Labute approximate surface area is 279 Å². The average molecular weight is 737 g/mol. The molecule has 0 aromatic heterocycles. The van der Waals surface area contributed by atoms with E-state index in [1.165, 1.54) is 24.3 Å². The van der Waals surface area contributed by atoms with Gasteiger partial charge in [-0.2, -0.15) is 30.7 Å². The number of amides is 1. The Balaban J connectivity index is 2.00. The van der Waals surface area contributed by atoms with Crippen molar-refractivity contribution in [1.82, 2.24) is 10.0 Å². The maximum atomic E-state index is 15.2. The predicted molar refractivity (Wildman–Crippen MR) is 161 cm³/mol. The van der Waals surface area contributed by atoms with Crippen LogP contribution in [0.4, 0.5) is 43.9 Å². The van der Waals surface area contributed by atoms with Crippen LogP contribution in [0, 0.1) is 17.5 Å². The van der Waals surface area contributed by atoms with Crippen molar-refractivity contribution in [3.05, 3.63) is 136 Å². The van der Waals surface area contributed by atoms with Gasteiger partial charge in [0, 0.05) is 24.6 Å². The summed E-state index contributed by atoms with van der Waals surface area (Å²) in [4.78, 5) is 13.8. The molecule has 1 atom stereocenters. The molecule has 0 spiro atoms. The molecule has 0 aliphatic carbocycles. The van der Waals surface area contributed by atoms with Gasteiger partial charge >= 0.3 is 18.7 Å². The van der Waals surface area contributed by atoms with Gasteiger partial charge in [-0.1, -0.05) is 42.5 Å². The van der Waals surface area contributed by atoms with Gasteiger partial charge in [-0.05, 0) is 65.1 Å². The normalized spacial score (nSPS) is 13.6. The summed E-state index contributed by atoms with van der Waals surface area (Å²) in [5, 5.41) is 2.47. The molecular formula is C33H26F10N2O4S. The zero-order chi connectivity index (χ0) is 37.1. The van der Waals surface area contributed by atoms with Crippen molar-refractivity contribution in [3.63, 3.8) is 0 Å². The van der Waals surface area contributed by atoms with E-state index >= 15 is 8.78 Å². The molecule has 0 saturated heterocycles. The zero-order valence-electron chi connectivity index (χ0n) is 25.6. The molecule has 0 saturated carbocycles. The molecule has 2 N–H and O–H groups in total. The van der Waals surface area contributed by atoms with Gasteiger partial charge in [-0.3, -0.25) is 4.79 Å². The molecule has 0 fully saturated rings. The monoisotopic (exact) mass is 736 g/mol. The molecule has 17 heteroatoms. The second-order valence-corrected chi connectivity index (χ2v) is 12.9. The summed E-state index contributed by atoms with van der Waals surface area (Å²) in [6, 6.07) is 13.8. The van der Waals surface area contributed by atoms with E-state index in [-0.39, 0.29) is 30.2 Å². The number of alkyl halides is 7. The quantitative estimate of drug-likeness (QED) is 0.141. The van der Waals surface area contributed by atoms with Crippen LogP contribution in [0.2, 0.25) is 0 Å². The molecule has 0 aliphatic rings. The summed E-state index contributed by atoms with van der Waals surface area (Å²) in [6.07, 6.45) is -14.6. The topological polar surface area (TPSA) is 84.5 Å². The summed E-state index contributed by atoms with van der Waals surface area (Å²) in [7, 11) is -3.73. The third-order valence-electron chi connectivity index (χ3n) is 7.34. The van der Waals surface area contributed by atoms with E-state index in [2.05, 4.69) is 14.8 Å². The molecular weight excluding hydrogens is 710 g/mol. The van der Waals surface area contributed by atoms with E-state index < -0.39 is 86.5 Å². The van der Waals surface area contributed by atoms with Gasteiger partial charge in [0.05, 0.1) is 17.4 Å². The molecule has 4 aromatic carbocycles. The second-order valence-electron chi connectivity index (χ2n) is 11.1. The molecule has 0 radical (unpaired) electrons. The molecule has 4 rings (SSSR count). The van der Waals surface area contributed by atoms with Gasteiger partial charge in [-0.15, -0.1) is 0 Å². The Morgan fingerprint density at radius 3 is 2.10 bits per heavy atom. The Hall–Kier alpha value is -4.64. The third-order valence-corrected chi connectivity index (χ3v) is 8.07. The minimum Gasteiger partial charge on any atom is -0.428 e. The lowest BCUT2D eigenvalue weighted by Crippen LogP contribution is -2.49. The molecule has 1 amide bonds. The van der Waals surface area contributed by atoms with Crippen LogP contribution in [0.1, 0.15) is 38.2 Å². The van der Waals surface area contributed by atoms with E-state index in [9.17, 15) is 48.3 Å². The first kappa shape index (κ1) is 38.2. The lowest BCUT2D eigenvalue weighted by Gasteiger charge is -2.37. The summed E-state index contributed by atoms with van der Waals surface area (Å²) < 4.78 is 169. The highest BCUT2D eigenvalue weighted by Gasteiger charge is 2.45. The van der Waals surface area contributed by atoms with Crippen LogP contribution in [-0.2, 0) is 34.6 Å². The Bertz CT molecular complexity index is 1960. The fraction of sp³-hybridized carbons (Fsp3) is 0.242. The SMILES string of the molecule is CS(=O)(=O)NCCc1cc([C@@](Cc2ccccc2)(NC(=O)c2ccc(F)c(C(F)(F)F)c2)c2cc(F)cc(OC(F)(F)C(F)F)c2)ccc1F. The van der Waals surface area contributed by atoms with Gasteiger partial charge in [0.2, 0.25) is 10.0 Å². The fourth-order valence-electron chi connectivity index (χ4n) is 5.08. The Morgan fingerprint density at radius 1 is 0.820 bits per heavy atom. The number of ether oxygens (including phenoxy) is 1. The van der Waals surface area contributed by atoms with Gasteiger partial charge in [0.1, 0.15) is 23.2 Å². The molecule has 6 nitrogen and oxygen atoms in total. The first-order valence-electron chi connectivity index (χ1n) is 14.3.